The number of hydrogen-bond donors (Lipinski definition) is 2. The van der Waals surface area contributed by atoms with Gasteiger partial charge in [-0.1, -0.05) is 5.21 Å². The van der Waals surface area contributed by atoms with Gasteiger partial charge in [-0.3, -0.25) is 0 Å². The molecule has 0 bridgehead atoms. The summed E-state index contributed by atoms with van der Waals surface area (Å²) in [4.78, 5) is 1.99. The molecule has 0 aliphatic carbocycles. The van der Waals surface area contributed by atoms with Gasteiger partial charge in [-0.15, -0.1) is 17.7 Å². The standard InChI is InChI=1S/C7H14N4OS/c1-11(4-3-5-12-2)6-7(13)9-10-8-6/h3-5H2,1-2H3,(H2,8,9,10,13). The van der Waals surface area contributed by atoms with Gasteiger partial charge in [0.25, 0.3) is 0 Å². The van der Waals surface area contributed by atoms with Crippen LogP contribution < -0.4 is 4.90 Å². The van der Waals surface area contributed by atoms with Crippen molar-refractivity contribution in [2.45, 2.75) is 11.4 Å². The molecule has 1 aromatic heterocycles. The fourth-order valence-electron chi connectivity index (χ4n) is 1.03. The zero-order valence-corrected chi connectivity index (χ0v) is 8.71. The van der Waals surface area contributed by atoms with E-state index in [-0.39, 0.29) is 0 Å². The summed E-state index contributed by atoms with van der Waals surface area (Å²) in [5.41, 5.74) is 0. The van der Waals surface area contributed by atoms with Gasteiger partial charge in [-0.05, 0) is 6.42 Å². The zero-order valence-electron chi connectivity index (χ0n) is 7.82. The van der Waals surface area contributed by atoms with Gasteiger partial charge in [-0.2, -0.15) is 0 Å². The van der Waals surface area contributed by atoms with Crippen LogP contribution in [0.1, 0.15) is 6.42 Å². The second-order valence-electron chi connectivity index (χ2n) is 2.75. The highest BCUT2D eigenvalue weighted by Crippen LogP contribution is 2.15. The van der Waals surface area contributed by atoms with E-state index in [4.69, 9.17) is 4.74 Å². The van der Waals surface area contributed by atoms with Crippen molar-refractivity contribution in [2.75, 3.05) is 32.2 Å². The second kappa shape index (κ2) is 5.08. The molecule has 0 atom stereocenters. The number of H-pyrrole nitrogens is 1. The van der Waals surface area contributed by atoms with Gasteiger partial charge in [0, 0.05) is 27.3 Å². The lowest BCUT2D eigenvalue weighted by Crippen LogP contribution is -2.20. The van der Waals surface area contributed by atoms with Gasteiger partial charge in [-0.25, -0.2) is 5.10 Å². The van der Waals surface area contributed by atoms with E-state index < -0.39 is 0 Å². The predicted octanol–water partition coefficient (Wildman–Crippen LogP) is 0.566. The maximum Gasteiger partial charge on any atom is 0.184 e. The van der Waals surface area contributed by atoms with E-state index in [1.54, 1.807) is 7.11 Å². The number of aromatic amines is 1. The Balaban J connectivity index is 2.39. The van der Waals surface area contributed by atoms with Crippen molar-refractivity contribution in [2.24, 2.45) is 0 Å². The summed E-state index contributed by atoms with van der Waals surface area (Å²) in [6.07, 6.45) is 0.965. The molecule has 0 saturated heterocycles. The molecular weight excluding hydrogens is 188 g/mol. The third-order valence-electron chi connectivity index (χ3n) is 1.72. The molecule has 1 N–H and O–H groups in total. The first-order chi connectivity index (χ1) is 6.25. The van der Waals surface area contributed by atoms with Crippen molar-refractivity contribution in [3.63, 3.8) is 0 Å². The molecule has 0 fully saturated rings. The number of methoxy groups -OCH3 is 1. The summed E-state index contributed by atoms with van der Waals surface area (Å²) in [5, 5.41) is 10.9. The molecular formula is C7H14N4OS. The Bertz CT molecular complexity index is 252. The van der Waals surface area contributed by atoms with E-state index in [0.717, 1.165) is 25.4 Å². The number of nitrogens with zero attached hydrogens (tertiary/aromatic N) is 3. The van der Waals surface area contributed by atoms with Gasteiger partial charge in [0.05, 0.1) is 0 Å². The highest BCUT2D eigenvalue weighted by atomic mass is 32.1. The fourth-order valence-corrected chi connectivity index (χ4v) is 1.29. The first-order valence-electron chi connectivity index (χ1n) is 4.05. The van der Waals surface area contributed by atoms with Gasteiger partial charge in [0.2, 0.25) is 0 Å². The summed E-state index contributed by atoms with van der Waals surface area (Å²) in [7, 11) is 3.65. The molecule has 5 nitrogen and oxygen atoms in total. The largest absolute Gasteiger partial charge is 0.385 e. The lowest BCUT2D eigenvalue weighted by molar-refractivity contribution is 0.196. The van der Waals surface area contributed by atoms with Crippen molar-refractivity contribution in [1.29, 1.82) is 0 Å². The van der Waals surface area contributed by atoms with Gasteiger partial charge in [0.1, 0.15) is 5.03 Å². The van der Waals surface area contributed by atoms with E-state index in [1.165, 1.54) is 0 Å². The van der Waals surface area contributed by atoms with Crippen LogP contribution in [-0.4, -0.2) is 42.7 Å². The van der Waals surface area contributed by atoms with Crippen LogP contribution in [0, 0.1) is 0 Å². The lowest BCUT2D eigenvalue weighted by atomic mass is 10.4. The molecule has 0 spiro atoms. The summed E-state index contributed by atoms with van der Waals surface area (Å²) in [5.74, 6) is 0.777. The lowest BCUT2D eigenvalue weighted by Gasteiger charge is -2.15. The summed E-state index contributed by atoms with van der Waals surface area (Å²) in [6.45, 7) is 1.64. The maximum atomic E-state index is 4.95. The van der Waals surface area contributed by atoms with Crippen LogP contribution in [0.4, 0.5) is 5.82 Å². The molecule has 13 heavy (non-hydrogen) atoms. The van der Waals surface area contributed by atoms with Crippen LogP contribution >= 0.6 is 12.6 Å². The Morgan fingerprint density at radius 1 is 1.62 bits per heavy atom. The Labute approximate surface area is 82.9 Å². The molecule has 6 heteroatoms. The highest BCUT2D eigenvalue weighted by molar-refractivity contribution is 7.80. The van der Waals surface area contributed by atoms with Gasteiger partial charge >= 0.3 is 0 Å². The third kappa shape index (κ3) is 2.89. The van der Waals surface area contributed by atoms with Crippen molar-refractivity contribution in [1.82, 2.24) is 15.4 Å². The molecule has 0 radical (unpaired) electrons. The Morgan fingerprint density at radius 2 is 2.38 bits per heavy atom. The van der Waals surface area contributed by atoms with E-state index in [2.05, 4.69) is 28.0 Å². The Morgan fingerprint density at radius 3 is 2.92 bits per heavy atom. The summed E-state index contributed by atoms with van der Waals surface area (Å²) >= 11 is 4.18. The average Bonchev–Trinajstić information content (AvgIpc) is 2.52. The minimum Gasteiger partial charge on any atom is -0.385 e. The van der Waals surface area contributed by atoms with Crippen LogP contribution in [0.5, 0.6) is 0 Å². The molecule has 1 aromatic rings. The predicted molar refractivity (Wildman–Crippen MR) is 53.4 cm³/mol. The first kappa shape index (κ1) is 10.3. The molecule has 0 saturated carbocycles. The smallest absolute Gasteiger partial charge is 0.184 e. The minimum absolute atomic E-state index is 0.694. The van der Waals surface area contributed by atoms with Crippen LogP contribution in [0.2, 0.25) is 0 Å². The van der Waals surface area contributed by atoms with Gasteiger partial charge < -0.3 is 9.64 Å². The van der Waals surface area contributed by atoms with Gasteiger partial charge in [0.15, 0.2) is 5.82 Å². The average molecular weight is 202 g/mol. The maximum absolute atomic E-state index is 4.95. The number of nitrogens with one attached hydrogen (secondary N) is 1. The molecule has 1 heterocycles. The SMILES string of the molecule is COCCCN(C)c1nn[nH]c1S. The number of aromatic nitrogens is 3. The van der Waals surface area contributed by atoms with Crippen LogP contribution in [0.3, 0.4) is 0 Å². The van der Waals surface area contributed by atoms with Crippen LogP contribution in [0.15, 0.2) is 5.03 Å². The molecule has 0 unspecified atom stereocenters. The molecule has 74 valence electrons. The Hall–Kier alpha value is -0.750. The second-order valence-corrected chi connectivity index (χ2v) is 3.20. The summed E-state index contributed by atoms with van der Waals surface area (Å²) < 4.78 is 4.95. The fraction of sp³-hybridized carbons (Fsp3) is 0.714. The molecule has 0 amide bonds. The third-order valence-corrected chi connectivity index (χ3v) is 2.02. The number of thiol groups is 1. The molecule has 0 aliphatic rings. The normalized spacial score (nSPS) is 10.4. The van der Waals surface area contributed by atoms with E-state index >= 15 is 0 Å². The molecule has 0 aromatic carbocycles. The van der Waals surface area contributed by atoms with Crippen molar-refractivity contribution in [3.8, 4) is 0 Å². The summed E-state index contributed by atoms with van der Waals surface area (Å²) in [6, 6.07) is 0. The van der Waals surface area contributed by atoms with Crippen molar-refractivity contribution >= 4 is 18.4 Å². The number of rotatable bonds is 5. The number of ether oxygens (including phenoxy) is 1. The zero-order chi connectivity index (χ0) is 9.68. The topological polar surface area (TPSA) is 54.0 Å². The van der Waals surface area contributed by atoms with Crippen LogP contribution in [0.25, 0.3) is 0 Å². The first-order valence-corrected chi connectivity index (χ1v) is 4.50. The van der Waals surface area contributed by atoms with Crippen molar-refractivity contribution in [3.05, 3.63) is 0 Å². The number of hydrogen-bond acceptors (Lipinski definition) is 5. The number of anilines is 1. The van der Waals surface area contributed by atoms with Crippen molar-refractivity contribution < 1.29 is 4.74 Å². The van der Waals surface area contributed by atoms with Crippen LogP contribution in [-0.2, 0) is 4.74 Å². The Kier molecular flexibility index (Phi) is 4.04. The van der Waals surface area contributed by atoms with E-state index in [1.807, 2.05) is 11.9 Å². The molecule has 1 rings (SSSR count). The highest BCUT2D eigenvalue weighted by Gasteiger charge is 2.07. The van der Waals surface area contributed by atoms with E-state index in [9.17, 15) is 0 Å². The quantitative estimate of drug-likeness (QED) is 0.541. The monoisotopic (exact) mass is 202 g/mol. The van der Waals surface area contributed by atoms with E-state index in [0.29, 0.717) is 5.03 Å². The minimum atomic E-state index is 0.694. The molecule has 0 aliphatic heterocycles.